The van der Waals surface area contributed by atoms with Gasteiger partial charge >= 0.3 is 0 Å². The molecule has 0 heterocycles. The van der Waals surface area contributed by atoms with E-state index >= 15 is 0 Å². The zero-order valence-corrected chi connectivity index (χ0v) is 11.8. The lowest BCUT2D eigenvalue weighted by Gasteiger charge is -2.07. The third kappa shape index (κ3) is 5.44. The van der Waals surface area contributed by atoms with Crippen molar-refractivity contribution in [2.75, 3.05) is 11.5 Å². The summed E-state index contributed by atoms with van der Waals surface area (Å²) in [5, 5.41) is 0. The number of anilines is 2. The highest BCUT2D eigenvalue weighted by molar-refractivity contribution is 5.67. The van der Waals surface area contributed by atoms with Crippen molar-refractivity contribution < 1.29 is 0 Å². The number of hydrogen-bond acceptors (Lipinski definition) is 2. The van der Waals surface area contributed by atoms with Gasteiger partial charge < -0.3 is 11.5 Å². The zero-order chi connectivity index (χ0) is 13.2. The van der Waals surface area contributed by atoms with Crippen LogP contribution in [0, 0.1) is 0 Å². The third-order valence-corrected chi connectivity index (χ3v) is 3.53. The molecule has 0 aromatic heterocycles. The van der Waals surface area contributed by atoms with Crippen LogP contribution in [0.5, 0.6) is 0 Å². The summed E-state index contributed by atoms with van der Waals surface area (Å²) in [4.78, 5) is 0. The van der Waals surface area contributed by atoms with E-state index in [1.807, 2.05) is 12.1 Å². The van der Waals surface area contributed by atoms with Gasteiger partial charge in [0.1, 0.15) is 0 Å². The molecule has 102 valence electrons. The van der Waals surface area contributed by atoms with Crippen molar-refractivity contribution in [3.8, 4) is 0 Å². The van der Waals surface area contributed by atoms with Gasteiger partial charge in [-0.2, -0.15) is 0 Å². The molecule has 0 aliphatic rings. The first-order chi connectivity index (χ1) is 8.75. The van der Waals surface area contributed by atoms with Gasteiger partial charge in [-0.15, -0.1) is 0 Å². The molecule has 0 spiro atoms. The number of benzene rings is 1. The third-order valence-electron chi connectivity index (χ3n) is 3.53. The van der Waals surface area contributed by atoms with Crippen molar-refractivity contribution in [3.05, 3.63) is 23.8 Å². The lowest BCUT2D eigenvalue weighted by molar-refractivity contribution is 0.575. The van der Waals surface area contributed by atoms with Crippen LogP contribution in [-0.4, -0.2) is 0 Å². The summed E-state index contributed by atoms with van der Waals surface area (Å²) in [7, 11) is 0. The van der Waals surface area contributed by atoms with Crippen LogP contribution in [0.25, 0.3) is 0 Å². The van der Waals surface area contributed by atoms with Crippen molar-refractivity contribution in [2.24, 2.45) is 0 Å². The number of unbranched alkanes of at least 4 members (excludes halogenated alkanes) is 7. The second-order valence-corrected chi connectivity index (χ2v) is 5.14. The summed E-state index contributed by atoms with van der Waals surface area (Å²) >= 11 is 0. The SMILES string of the molecule is CCCCCCCCCCc1cccc(N)c1N. The topological polar surface area (TPSA) is 52.0 Å². The van der Waals surface area contributed by atoms with Crippen molar-refractivity contribution >= 4 is 11.4 Å². The Kier molecular flexibility index (Phi) is 7.31. The normalized spacial score (nSPS) is 10.7. The Morgan fingerprint density at radius 1 is 0.833 bits per heavy atom. The minimum absolute atomic E-state index is 0.715. The van der Waals surface area contributed by atoms with Gasteiger partial charge in [0, 0.05) is 0 Å². The van der Waals surface area contributed by atoms with Crippen LogP contribution in [-0.2, 0) is 6.42 Å². The molecule has 1 aromatic carbocycles. The molecule has 0 saturated heterocycles. The lowest BCUT2D eigenvalue weighted by Crippen LogP contribution is -1.99. The molecule has 2 nitrogen and oxygen atoms in total. The van der Waals surface area contributed by atoms with Crippen LogP contribution in [0.2, 0.25) is 0 Å². The first-order valence-electron chi connectivity index (χ1n) is 7.38. The van der Waals surface area contributed by atoms with Crippen LogP contribution in [0.4, 0.5) is 11.4 Å². The van der Waals surface area contributed by atoms with Gasteiger partial charge in [0.2, 0.25) is 0 Å². The molecule has 18 heavy (non-hydrogen) atoms. The second-order valence-electron chi connectivity index (χ2n) is 5.14. The highest BCUT2D eigenvalue weighted by atomic mass is 14.7. The van der Waals surface area contributed by atoms with Gasteiger partial charge in [-0.3, -0.25) is 0 Å². The standard InChI is InChI=1S/C16H28N2/c1-2-3-4-5-6-7-8-9-11-14-12-10-13-15(17)16(14)18/h10,12-13H,2-9,11,17-18H2,1H3. The van der Waals surface area contributed by atoms with Crippen molar-refractivity contribution in [1.29, 1.82) is 0 Å². The second kappa shape index (κ2) is 8.84. The summed E-state index contributed by atoms with van der Waals surface area (Å²) in [6.45, 7) is 2.26. The fourth-order valence-electron chi connectivity index (χ4n) is 2.30. The Labute approximate surface area is 112 Å². The molecule has 1 aromatic rings. The molecule has 4 N–H and O–H groups in total. The largest absolute Gasteiger partial charge is 0.397 e. The maximum absolute atomic E-state index is 5.95. The molecule has 0 saturated carbocycles. The first kappa shape index (κ1) is 14.9. The Morgan fingerprint density at radius 3 is 2.11 bits per heavy atom. The molecule has 2 heteroatoms. The van der Waals surface area contributed by atoms with Gasteiger partial charge in [-0.1, -0.05) is 64.0 Å². The van der Waals surface area contributed by atoms with E-state index in [0.29, 0.717) is 5.69 Å². The van der Waals surface area contributed by atoms with E-state index in [9.17, 15) is 0 Å². The average Bonchev–Trinajstić information content (AvgIpc) is 2.37. The Hall–Kier alpha value is -1.18. The monoisotopic (exact) mass is 248 g/mol. The Morgan fingerprint density at radius 2 is 1.44 bits per heavy atom. The highest BCUT2D eigenvalue weighted by Gasteiger charge is 2.01. The summed E-state index contributed by atoms with van der Waals surface area (Å²) in [6.07, 6.45) is 11.8. The Balaban J connectivity index is 2.09. The summed E-state index contributed by atoms with van der Waals surface area (Å²) < 4.78 is 0. The minimum atomic E-state index is 0.715. The van der Waals surface area contributed by atoms with Gasteiger partial charge in [-0.25, -0.2) is 0 Å². The van der Waals surface area contributed by atoms with E-state index in [0.717, 1.165) is 12.1 Å². The summed E-state index contributed by atoms with van der Waals surface area (Å²) in [5.74, 6) is 0. The lowest BCUT2D eigenvalue weighted by atomic mass is 10.0. The van der Waals surface area contributed by atoms with E-state index in [1.54, 1.807) is 0 Å². The van der Waals surface area contributed by atoms with Crippen LogP contribution >= 0.6 is 0 Å². The molecule has 0 radical (unpaired) electrons. The highest BCUT2D eigenvalue weighted by Crippen LogP contribution is 2.21. The van der Waals surface area contributed by atoms with Crippen LogP contribution in [0.15, 0.2) is 18.2 Å². The predicted molar refractivity (Wildman–Crippen MR) is 81.6 cm³/mol. The maximum Gasteiger partial charge on any atom is 0.0580 e. The van der Waals surface area contributed by atoms with E-state index in [4.69, 9.17) is 11.5 Å². The van der Waals surface area contributed by atoms with Gasteiger partial charge in [-0.05, 0) is 24.5 Å². The number of hydrogen-bond donors (Lipinski definition) is 2. The molecular weight excluding hydrogens is 220 g/mol. The number of nitrogens with two attached hydrogens (primary N) is 2. The molecule has 0 unspecified atom stereocenters. The fourth-order valence-corrected chi connectivity index (χ4v) is 2.30. The van der Waals surface area contributed by atoms with Gasteiger partial charge in [0.05, 0.1) is 11.4 Å². The zero-order valence-electron chi connectivity index (χ0n) is 11.8. The summed E-state index contributed by atoms with van der Waals surface area (Å²) in [5.41, 5.74) is 14.4. The van der Waals surface area contributed by atoms with Crippen LogP contribution in [0.1, 0.15) is 63.9 Å². The first-order valence-corrected chi connectivity index (χ1v) is 7.38. The smallest absolute Gasteiger partial charge is 0.0580 e. The number of nitrogen functional groups attached to an aromatic ring is 2. The predicted octanol–water partition coefficient (Wildman–Crippen LogP) is 4.53. The molecule has 0 aliphatic carbocycles. The van der Waals surface area contributed by atoms with Gasteiger partial charge in [0.15, 0.2) is 0 Å². The molecule has 0 amide bonds. The summed E-state index contributed by atoms with van der Waals surface area (Å²) in [6, 6.07) is 5.95. The van der Waals surface area contributed by atoms with E-state index in [2.05, 4.69) is 13.0 Å². The molecule has 0 bridgehead atoms. The van der Waals surface area contributed by atoms with E-state index in [1.165, 1.54) is 56.9 Å². The van der Waals surface area contributed by atoms with Crippen molar-refractivity contribution in [3.63, 3.8) is 0 Å². The minimum Gasteiger partial charge on any atom is -0.397 e. The van der Waals surface area contributed by atoms with Crippen LogP contribution < -0.4 is 11.5 Å². The Bertz CT molecular complexity index is 334. The fraction of sp³-hybridized carbons (Fsp3) is 0.625. The molecule has 0 fully saturated rings. The maximum atomic E-state index is 5.95. The number of aryl methyl sites for hydroxylation is 1. The number of rotatable bonds is 9. The van der Waals surface area contributed by atoms with Crippen molar-refractivity contribution in [2.45, 2.75) is 64.7 Å². The van der Waals surface area contributed by atoms with Crippen LogP contribution in [0.3, 0.4) is 0 Å². The molecular formula is C16H28N2. The van der Waals surface area contributed by atoms with Crippen molar-refractivity contribution in [1.82, 2.24) is 0 Å². The van der Waals surface area contributed by atoms with E-state index < -0.39 is 0 Å². The van der Waals surface area contributed by atoms with Gasteiger partial charge in [0.25, 0.3) is 0 Å². The molecule has 0 aliphatic heterocycles. The average molecular weight is 248 g/mol. The molecule has 1 rings (SSSR count). The quantitative estimate of drug-likeness (QED) is 0.498. The molecule has 0 atom stereocenters. The van der Waals surface area contributed by atoms with E-state index in [-0.39, 0.29) is 0 Å². The number of para-hydroxylation sites is 1.